The van der Waals surface area contributed by atoms with Crippen molar-refractivity contribution in [3.8, 4) is 11.6 Å². The Morgan fingerprint density at radius 1 is 1.03 bits per heavy atom. The molecule has 4 rings (SSSR count). The third-order valence-corrected chi connectivity index (χ3v) is 5.23. The van der Waals surface area contributed by atoms with E-state index < -0.39 is 0 Å². The average Bonchev–Trinajstić information content (AvgIpc) is 3.05. The zero-order valence-electron chi connectivity index (χ0n) is 18.0. The van der Waals surface area contributed by atoms with Crippen molar-refractivity contribution in [2.24, 2.45) is 0 Å². The maximum atomic E-state index is 13.2. The molecule has 0 aliphatic carbocycles. The number of ether oxygens (including phenoxy) is 2. The van der Waals surface area contributed by atoms with Gasteiger partial charge >= 0.3 is 0 Å². The Morgan fingerprint density at radius 2 is 1.84 bits per heavy atom. The molecule has 7 nitrogen and oxygen atoms in total. The SMILES string of the molecule is COc1cccc(Cn2nc(C)c(NC(=O)c3cc(OC)nc4ccccc34)c2C)c1. The van der Waals surface area contributed by atoms with Crippen molar-refractivity contribution in [2.75, 3.05) is 19.5 Å². The number of hydrogen-bond donors (Lipinski definition) is 1. The van der Waals surface area contributed by atoms with Gasteiger partial charge in [0, 0.05) is 11.5 Å². The van der Waals surface area contributed by atoms with Crippen molar-refractivity contribution in [3.05, 3.63) is 77.1 Å². The molecule has 0 aliphatic rings. The lowest BCUT2D eigenvalue weighted by Crippen LogP contribution is -2.14. The fourth-order valence-corrected chi connectivity index (χ4v) is 3.60. The number of aromatic nitrogens is 3. The van der Waals surface area contributed by atoms with E-state index in [1.165, 1.54) is 7.11 Å². The predicted molar refractivity (Wildman–Crippen MR) is 120 cm³/mol. The Balaban J connectivity index is 1.64. The Hall–Kier alpha value is -3.87. The van der Waals surface area contributed by atoms with Gasteiger partial charge < -0.3 is 14.8 Å². The highest BCUT2D eigenvalue weighted by molar-refractivity contribution is 6.13. The first-order chi connectivity index (χ1) is 15.0. The van der Waals surface area contributed by atoms with Gasteiger partial charge in [-0.2, -0.15) is 5.10 Å². The smallest absolute Gasteiger partial charge is 0.256 e. The van der Waals surface area contributed by atoms with Crippen LogP contribution >= 0.6 is 0 Å². The standard InChI is InChI=1S/C24H24N4O3/c1-15-23(16(2)28(27-15)14-17-8-7-9-18(12-17)30-3)26-24(29)20-13-22(31-4)25-21-11-6-5-10-19(20)21/h5-13H,14H2,1-4H3,(H,26,29). The Bertz CT molecular complexity index is 1260. The highest BCUT2D eigenvalue weighted by Gasteiger charge is 2.18. The minimum Gasteiger partial charge on any atom is -0.497 e. The normalized spacial score (nSPS) is 10.8. The third-order valence-electron chi connectivity index (χ3n) is 5.23. The molecule has 2 aromatic heterocycles. The monoisotopic (exact) mass is 416 g/mol. The molecule has 2 heterocycles. The van der Waals surface area contributed by atoms with Crippen LogP contribution in [-0.2, 0) is 6.54 Å². The molecule has 31 heavy (non-hydrogen) atoms. The van der Waals surface area contributed by atoms with E-state index in [4.69, 9.17) is 9.47 Å². The highest BCUT2D eigenvalue weighted by atomic mass is 16.5. The summed E-state index contributed by atoms with van der Waals surface area (Å²) in [5.74, 6) is 0.959. The molecular weight excluding hydrogens is 392 g/mol. The highest BCUT2D eigenvalue weighted by Crippen LogP contribution is 2.26. The van der Waals surface area contributed by atoms with Crippen molar-refractivity contribution in [1.29, 1.82) is 0 Å². The number of methoxy groups -OCH3 is 2. The van der Waals surface area contributed by atoms with Crippen LogP contribution in [0.5, 0.6) is 11.6 Å². The number of nitrogens with zero attached hydrogens (tertiary/aromatic N) is 3. The van der Waals surface area contributed by atoms with E-state index in [1.807, 2.05) is 67.1 Å². The van der Waals surface area contributed by atoms with Crippen LogP contribution in [0.15, 0.2) is 54.6 Å². The van der Waals surface area contributed by atoms with Crippen LogP contribution in [0.2, 0.25) is 0 Å². The lowest BCUT2D eigenvalue weighted by Gasteiger charge is -2.11. The second kappa shape index (κ2) is 8.47. The van der Waals surface area contributed by atoms with Crippen molar-refractivity contribution in [2.45, 2.75) is 20.4 Å². The van der Waals surface area contributed by atoms with E-state index in [9.17, 15) is 4.79 Å². The number of aryl methyl sites for hydroxylation is 1. The summed E-state index contributed by atoms with van der Waals surface area (Å²) >= 11 is 0. The number of benzene rings is 2. The van der Waals surface area contributed by atoms with Gasteiger partial charge in [-0.05, 0) is 37.6 Å². The fraction of sp³-hybridized carbons (Fsp3) is 0.208. The molecule has 0 unspecified atom stereocenters. The molecule has 0 atom stereocenters. The average molecular weight is 416 g/mol. The van der Waals surface area contributed by atoms with Crippen LogP contribution in [0, 0.1) is 13.8 Å². The van der Waals surface area contributed by atoms with Crippen molar-refractivity contribution in [3.63, 3.8) is 0 Å². The summed E-state index contributed by atoms with van der Waals surface area (Å²) in [6.07, 6.45) is 0. The largest absolute Gasteiger partial charge is 0.497 e. The maximum absolute atomic E-state index is 13.2. The van der Waals surface area contributed by atoms with Crippen LogP contribution in [-0.4, -0.2) is 34.9 Å². The summed E-state index contributed by atoms with van der Waals surface area (Å²) < 4.78 is 12.5. The first-order valence-electron chi connectivity index (χ1n) is 9.92. The quantitative estimate of drug-likeness (QED) is 0.505. The van der Waals surface area contributed by atoms with Crippen LogP contribution < -0.4 is 14.8 Å². The molecule has 1 N–H and O–H groups in total. The van der Waals surface area contributed by atoms with Gasteiger partial charge in [0.1, 0.15) is 5.75 Å². The Kier molecular flexibility index (Phi) is 5.58. The molecule has 0 spiro atoms. The second-order valence-corrected chi connectivity index (χ2v) is 7.24. The Labute approximate surface area is 180 Å². The molecule has 0 saturated heterocycles. The molecule has 0 saturated carbocycles. The summed E-state index contributed by atoms with van der Waals surface area (Å²) in [4.78, 5) is 17.6. The predicted octanol–water partition coefficient (Wildman–Crippen LogP) is 4.37. The second-order valence-electron chi connectivity index (χ2n) is 7.24. The van der Waals surface area contributed by atoms with Crippen molar-refractivity contribution >= 4 is 22.5 Å². The molecule has 0 radical (unpaired) electrons. The van der Waals surface area contributed by atoms with E-state index in [2.05, 4.69) is 15.4 Å². The number of hydrogen-bond acceptors (Lipinski definition) is 5. The molecule has 7 heteroatoms. The van der Waals surface area contributed by atoms with Gasteiger partial charge in [0.05, 0.1) is 48.9 Å². The zero-order valence-corrected chi connectivity index (χ0v) is 18.0. The molecular formula is C24H24N4O3. The van der Waals surface area contributed by atoms with Crippen molar-refractivity contribution in [1.82, 2.24) is 14.8 Å². The summed E-state index contributed by atoms with van der Waals surface area (Å²) in [7, 11) is 3.18. The first-order valence-corrected chi connectivity index (χ1v) is 9.92. The van der Waals surface area contributed by atoms with Gasteiger partial charge in [0.2, 0.25) is 5.88 Å². The molecule has 0 aliphatic heterocycles. The summed E-state index contributed by atoms with van der Waals surface area (Å²) in [5.41, 5.74) is 4.59. The van der Waals surface area contributed by atoms with Gasteiger partial charge in [-0.25, -0.2) is 4.98 Å². The molecule has 4 aromatic rings. The number of nitrogens with one attached hydrogen (secondary N) is 1. The van der Waals surface area contributed by atoms with Crippen LogP contribution in [0.3, 0.4) is 0 Å². The summed E-state index contributed by atoms with van der Waals surface area (Å²) in [6.45, 7) is 4.41. The van der Waals surface area contributed by atoms with E-state index in [-0.39, 0.29) is 5.91 Å². The minimum atomic E-state index is -0.232. The number of carbonyl (C=O) groups excluding carboxylic acids is 1. The molecule has 0 fully saturated rings. The zero-order chi connectivity index (χ0) is 22.0. The first kappa shape index (κ1) is 20.4. The molecule has 1 amide bonds. The Morgan fingerprint density at radius 3 is 2.61 bits per heavy atom. The van der Waals surface area contributed by atoms with Crippen molar-refractivity contribution < 1.29 is 14.3 Å². The fourth-order valence-electron chi connectivity index (χ4n) is 3.60. The number of carbonyl (C=O) groups is 1. The van der Waals surface area contributed by atoms with E-state index >= 15 is 0 Å². The molecule has 158 valence electrons. The van der Waals surface area contributed by atoms with E-state index in [0.717, 1.165) is 28.1 Å². The lowest BCUT2D eigenvalue weighted by atomic mass is 10.1. The molecule has 2 aromatic carbocycles. The summed E-state index contributed by atoms with van der Waals surface area (Å²) in [5, 5.41) is 8.43. The minimum absolute atomic E-state index is 0.232. The number of rotatable bonds is 6. The number of anilines is 1. The molecule has 0 bridgehead atoms. The summed E-state index contributed by atoms with van der Waals surface area (Å²) in [6, 6.07) is 17.0. The van der Waals surface area contributed by atoms with Crippen LogP contribution in [0.25, 0.3) is 10.9 Å². The number of amides is 1. The van der Waals surface area contributed by atoms with Crippen LogP contribution in [0.1, 0.15) is 27.3 Å². The van der Waals surface area contributed by atoms with Gasteiger partial charge in [0.15, 0.2) is 0 Å². The van der Waals surface area contributed by atoms with E-state index in [0.29, 0.717) is 29.2 Å². The van der Waals surface area contributed by atoms with Crippen LogP contribution in [0.4, 0.5) is 5.69 Å². The third kappa shape index (κ3) is 4.07. The number of fused-ring (bicyclic) bond motifs is 1. The van der Waals surface area contributed by atoms with Gasteiger partial charge in [-0.1, -0.05) is 30.3 Å². The topological polar surface area (TPSA) is 78.3 Å². The van der Waals surface area contributed by atoms with Gasteiger partial charge in [-0.15, -0.1) is 0 Å². The van der Waals surface area contributed by atoms with E-state index in [1.54, 1.807) is 13.2 Å². The number of pyridine rings is 1. The maximum Gasteiger partial charge on any atom is 0.256 e. The van der Waals surface area contributed by atoms with Gasteiger partial charge in [-0.3, -0.25) is 9.48 Å². The lowest BCUT2D eigenvalue weighted by molar-refractivity contribution is 0.102. The number of para-hydroxylation sites is 1. The van der Waals surface area contributed by atoms with Gasteiger partial charge in [0.25, 0.3) is 5.91 Å².